The molecule has 0 aliphatic carbocycles. The number of rotatable bonds is 6. The standard InChI is InChI=1S/C20H22N2O2S2/c23-26(24,20-9-5-7-16-6-1-2-8-18(16)20)21-14-19(17-10-13-25-15-17)22-11-3-4-12-22/h1-2,5-10,13,15,19,21H,3-4,11-12,14H2/t19-/m1/s1. The fourth-order valence-corrected chi connectivity index (χ4v) is 5.65. The van der Waals surface area contributed by atoms with E-state index >= 15 is 0 Å². The van der Waals surface area contributed by atoms with Gasteiger partial charge in [0.1, 0.15) is 0 Å². The second-order valence-electron chi connectivity index (χ2n) is 6.64. The maximum atomic E-state index is 13.0. The van der Waals surface area contributed by atoms with Crippen molar-refractivity contribution in [2.75, 3.05) is 19.6 Å². The first-order valence-corrected chi connectivity index (χ1v) is 11.3. The van der Waals surface area contributed by atoms with E-state index in [1.54, 1.807) is 23.5 Å². The molecule has 0 unspecified atom stereocenters. The fourth-order valence-electron chi connectivity index (χ4n) is 3.67. The van der Waals surface area contributed by atoms with E-state index in [0.29, 0.717) is 11.4 Å². The average Bonchev–Trinajstić information content (AvgIpc) is 3.36. The van der Waals surface area contributed by atoms with Crippen molar-refractivity contribution in [2.24, 2.45) is 0 Å². The lowest BCUT2D eigenvalue weighted by Gasteiger charge is -2.27. The maximum absolute atomic E-state index is 13.0. The Morgan fingerprint density at radius 1 is 1.04 bits per heavy atom. The Bertz CT molecular complexity index is 973. The summed E-state index contributed by atoms with van der Waals surface area (Å²) in [6, 6.07) is 15.2. The number of thiophene rings is 1. The van der Waals surface area contributed by atoms with Crippen LogP contribution in [0.25, 0.3) is 10.8 Å². The number of fused-ring (bicyclic) bond motifs is 1. The van der Waals surface area contributed by atoms with Crippen LogP contribution in [0.5, 0.6) is 0 Å². The number of hydrogen-bond acceptors (Lipinski definition) is 4. The highest BCUT2D eigenvalue weighted by atomic mass is 32.2. The van der Waals surface area contributed by atoms with Crippen LogP contribution in [-0.4, -0.2) is 33.0 Å². The molecule has 136 valence electrons. The first kappa shape index (κ1) is 17.7. The smallest absolute Gasteiger partial charge is 0.241 e. The van der Waals surface area contributed by atoms with E-state index < -0.39 is 10.0 Å². The first-order chi connectivity index (χ1) is 12.6. The van der Waals surface area contributed by atoms with Crippen LogP contribution in [0.4, 0.5) is 0 Å². The second-order valence-corrected chi connectivity index (χ2v) is 9.16. The van der Waals surface area contributed by atoms with Crippen LogP contribution in [0.15, 0.2) is 64.2 Å². The van der Waals surface area contributed by atoms with Crippen LogP contribution in [0.2, 0.25) is 0 Å². The Morgan fingerprint density at radius 2 is 1.81 bits per heavy atom. The molecular weight excluding hydrogens is 364 g/mol. The molecule has 4 nitrogen and oxygen atoms in total. The van der Waals surface area contributed by atoms with Gasteiger partial charge in [0.05, 0.1) is 4.90 Å². The zero-order chi connectivity index (χ0) is 18.0. The molecule has 1 aromatic heterocycles. The van der Waals surface area contributed by atoms with Gasteiger partial charge in [-0.05, 0) is 59.8 Å². The van der Waals surface area contributed by atoms with Crippen molar-refractivity contribution in [3.05, 3.63) is 64.9 Å². The van der Waals surface area contributed by atoms with Crippen molar-refractivity contribution in [3.63, 3.8) is 0 Å². The summed E-state index contributed by atoms with van der Waals surface area (Å²) in [6.07, 6.45) is 2.35. The average molecular weight is 387 g/mol. The van der Waals surface area contributed by atoms with Crippen molar-refractivity contribution >= 4 is 32.1 Å². The lowest BCUT2D eigenvalue weighted by Crippen LogP contribution is -2.36. The summed E-state index contributed by atoms with van der Waals surface area (Å²) in [4.78, 5) is 2.73. The van der Waals surface area contributed by atoms with Gasteiger partial charge in [0, 0.05) is 18.0 Å². The molecule has 1 fully saturated rings. The molecule has 1 N–H and O–H groups in total. The van der Waals surface area contributed by atoms with E-state index in [-0.39, 0.29) is 6.04 Å². The van der Waals surface area contributed by atoms with Gasteiger partial charge in [-0.15, -0.1) is 0 Å². The van der Waals surface area contributed by atoms with Gasteiger partial charge < -0.3 is 0 Å². The van der Waals surface area contributed by atoms with Crippen molar-refractivity contribution in [2.45, 2.75) is 23.8 Å². The third-order valence-electron chi connectivity index (χ3n) is 5.02. The fraction of sp³-hybridized carbons (Fsp3) is 0.300. The molecule has 1 saturated heterocycles. The van der Waals surface area contributed by atoms with Crippen molar-refractivity contribution in [1.29, 1.82) is 0 Å². The van der Waals surface area contributed by atoms with E-state index in [1.165, 1.54) is 18.4 Å². The van der Waals surface area contributed by atoms with Gasteiger partial charge in [-0.2, -0.15) is 11.3 Å². The van der Waals surface area contributed by atoms with Gasteiger partial charge in [-0.25, -0.2) is 13.1 Å². The summed E-state index contributed by atoms with van der Waals surface area (Å²) in [5.41, 5.74) is 1.19. The van der Waals surface area contributed by atoms with E-state index in [1.807, 2.05) is 30.3 Å². The van der Waals surface area contributed by atoms with Crippen LogP contribution in [0.3, 0.4) is 0 Å². The molecule has 0 bridgehead atoms. The predicted octanol–water partition coefficient (Wildman–Crippen LogP) is 4.02. The molecule has 2 heterocycles. The Kier molecular flexibility index (Phi) is 5.09. The maximum Gasteiger partial charge on any atom is 0.241 e. The van der Waals surface area contributed by atoms with E-state index in [4.69, 9.17) is 0 Å². The number of nitrogens with zero attached hydrogens (tertiary/aromatic N) is 1. The molecule has 4 rings (SSSR count). The normalized spacial score (nSPS) is 16.9. The summed E-state index contributed by atoms with van der Waals surface area (Å²) < 4.78 is 28.9. The highest BCUT2D eigenvalue weighted by Gasteiger charge is 2.26. The summed E-state index contributed by atoms with van der Waals surface area (Å²) >= 11 is 1.65. The zero-order valence-electron chi connectivity index (χ0n) is 14.5. The minimum atomic E-state index is -3.58. The minimum Gasteiger partial charge on any atom is -0.295 e. The number of hydrogen-bond donors (Lipinski definition) is 1. The predicted molar refractivity (Wildman–Crippen MR) is 107 cm³/mol. The monoisotopic (exact) mass is 386 g/mol. The molecule has 1 atom stereocenters. The van der Waals surface area contributed by atoms with Crippen molar-refractivity contribution in [1.82, 2.24) is 9.62 Å². The second kappa shape index (κ2) is 7.48. The highest BCUT2D eigenvalue weighted by molar-refractivity contribution is 7.89. The molecule has 0 amide bonds. The minimum absolute atomic E-state index is 0.0912. The highest BCUT2D eigenvalue weighted by Crippen LogP contribution is 2.28. The third kappa shape index (κ3) is 3.55. The Balaban J connectivity index is 1.60. The van der Waals surface area contributed by atoms with Gasteiger partial charge >= 0.3 is 0 Å². The molecule has 0 spiro atoms. The molecule has 3 aromatic rings. The van der Waals surface area contributed by atoms with E-state index in [2.05, 4.69) is 26.4 Å². The van der Waals surface area contributed by atoms with Gasteiger partial charge in [0.15, 0.2) is 0 Å². The number of benzene rings is 2. The van der Waals surface area contributed by atoms with Crippen LogP contribution in [0.1, 0.15) is 24.4 Å². The SMILES string of the molecule is O=S(=O)(NC[C@H](c1ccsc1)N1CCCC1)c1cccc2ccccc12. The summed E-state index contributed by atoms with van der Waals surface area (Å²) in [5.74, 6) is 0. The topological polar surface area (TPSA) is 49.4 Å². The molecule has 26 heavy (non-hydrogen) atoms. The lowest BCUT2D eigenvalue weighted by molar-refractivity contribution is 0.247. The largest absolute Gasteiger partial charge is 0.295 e. The van der Waals surface area contributed by atoms with Crippen molar-refractivity contribution in [3.8, 4) is 0 Å². The van der Waals surface area contributed by atoms with Crippen LogP contribution in [-0.2, 0) is 10.0 Å². The summed E-state index contributed by atoms with van der Waals surface area (Å²) in [6.45, 7) is 2.44. The molecule has 0 saturated carbocycles. The van der Waals surface area contributed by atoms with Gasteiger partial charge in [-0.1, -0.05) is 36.4 Å². The number of sulfonamides is 1. The number of likely N-dealkylation sites (tertiary alicyclic amines) is 1. The quantitative estimate of drug-likeness (QED) is 0.696. The molecule has 0 radical (unpaired) electrons. The lowest BCUT2D eigenvalue weighted by atomic mass is 10.1. The first-order valence-electron chi connectivity index (χ1n) is 8.89. The molecular formula is C20H22N2O2S2. The third-order valence-corrected chi connectivity index (χ3v) is 7.20. The zero-order valence-corrected chi connectivity index (χ0v) is 16.1. The Hall–Kier alpha value is -1.73. The van der Waals surface area contributed by atoms with Gasteiger partial charge in [-0.3, -0.25) is 4.90 Å². The van der Waals surface area contributed by atoms with Gasteiger partial charge in [0.25, 0.3) is 0 Å². The van der Waals surface area contributed by atoms with E-state index in [9.17, 15) is 8.42 Å². The van der Waals surface area contributed by atoms with Crippen LogP contribution in [0, 0.1) is 0 Å². The van der Waals surface area contributed by atoms with Gasteiger partial charge in [0.2, 0.25) is 10.0 Å². The van der Waals surface area contributed by atoms with Crippen molar-refractivity contribution < 1.29 is 8.42 Å². The Morgan fingerprint density at radius 3 is 2.58 bits per heavy atom. The molecule has 6 heteroatoms. The molecule has 1 aliphatic heterocycles. The Labute approximate surface area is 158 Å². The molecule has 1 aliphatic rings. The number of nitrogens with one attached hydrogen (secondary N) is 1. The van der Waals surface area contributed by atoms with Crippen LogP contribution >= 0.6 is 11.3 Å². The van der Waals surface area contributed by atoms with E-state index in [0.717, 1.165) is 23.9 Å². The summed E-state index contributed by atoms with van der Waals surface area (Å²) in [7, 11) is -3.58. The molecule has 2 aromatic carbocycles. The summed E-state index contributed by atoms with van der Waals surface area (Å²) in [5, 5.41) is 5.87. The van der Waals surface area contributed by atoms with Crippen LogP contribution < -0.4 is 4.72 Å².